The molecule has 11 heavy (non-hydrogen) atoms. The van der Waals surface area contributed by atoms with E-state index in [9.17, 15) is 4.79 Å². The van der Waals surface area contributed by atoms with Crippen LogP contribution in [0.3, 0.4) is 0 Å². The minimum Gasteiger partial charge on any atom is -0.299 e. The van der Waals surface area contributed by atoms with Crippen LogP contribution in [0.25, 0.3) is 0 Å². The zero-order valence-electron chi connectivity index (χ0n) is 6.49. The summed E-state index contributed by atoms with van der Waals surface area (Å²) in [4.78, 5) is 11.3. The van der Waals surface area contributed by atoms with E-state index in [1.54, 1.807) is 0 Å². The van der Waals surface area contributed by atoms with Crippen molar-refractivity contribution in [1.29, 1.82) is 0 Å². The van der Waals surface area contributed by atoms with Gasteiger partial charge in [-0.25, -0.2) is 0 Å². The Labute approximate surface area is 66.5 Å². The first kappa shape index (κ1) is 5.99. The Kier molecular flexibility index (Phi) is 0.961. The summed E-state index contributed by atoms with van der Waals surface area (Å²) in [5.74, 6) is 3.25. The van der Waals surface area contributed by atoms with E-state index in [1.165, 1.54) is 12.8 Å². The Morgan fingerprint density at radius 3 is 3.27 bits per heavy atom. The van der Waals surface area contributed by atoms with Gasteiger partial charge in [-0.2, -0.15) is 0 Å². The largest absolute Gasteiger partial charge is 0.299 e. The molecule has 4 atom stereocenters. The van der Waals surface area contributed by atoms with Crippen molar-refractivity contribution in [2.75, 3.05) is 0 Å². The highest BCUT2D eigenvalue weighted by Gasteiger charge is 2.51. The van der Waals surface area contributed by atoms with E-state index in [4.69, 9.17) is 0 Å². The number of hydrogen-bond acceptors (Lipinski definition) is 1. The fourth-order valence-corrected chi connectivity index (χ4v) is 3.28. The van der Waals surface area contributed by atoms with Crippen molar-refractivity contribution in [3.05, 3.63) is 12.2 Å². The van der Waals surface area contributed by atoms with E-state index in [2.05, 4.69) is 12.2 Å². The second-order valence-corrected chi connectivity index (χ2v) is 4.18. The molecule has 0 saturated heterocycles. The lowest BCUT2D eigenvalue weighted by Gasteiger charge is -2.22. The van der Waals surface area contributed by atoms with Gasteiger partial charge in [0, 0.05) is 12.3 Å². The Balaban J connectivity index is 2.00. The summed E-state index contributed by atoms with van der Waals surface area (Å²) in [5, 5.41) is 0. The molecular formula is C10H12O. The van der Waals surface area contributed by atoms with Crippen LogP contribution in [0, 0.1) is 23.7 Å². The topological polar surface area (TPSA) is 17.1 Å². The first-order valence-electron chi connectivity index (χ1n) is 4.55. The lowest BCUT2D eigenvalue weighted by molar-refractivity contribution is -0.123. The number of ketones is 1. The Hall–Kier alpha value is -0.590. The average molecular weight is 148 g/mol. The molecule has 2 saturated carbocycles. The van der Waals surface area contributed by atoms with Crippen LogP contribution in [-0.2, 0) is 4.79 Å². The standard InChI is InChI=1S/C10H12O/c11-10-5-6-4-9(10)8-3-1-2-7(6)8/h1,3,6-9H,2,4-5H2/t6-,7+,8-,9+/m1/s1. The van der Waals surface area contributed by atoms with Crippen LogP contribution in [0.15, 0.2) is 12.2 Å². The predicted molar refractivity (Wildman–Crippen MR) is 42.0 cm³/mol. The molecular weight excluding hydrogens is 136 g/mol. The lowest BCUT2D eigenvalue weighted by Crippen LogP contribution is -2.23. The van der Waals surface area contributed by atoms with Crippen molar-refractivity contribution < 1.29 is 4.79 Å². The molecule has 0 unspecified atom stereocenters. The normalized spacial score (nSPS) is 52.2. The van der Waals surface area contributed by atoms with E-state index >= 15 is 0 Å². The van der Waals surface area contributed by atoms with Gasteiger partial charge in [-0.15, -0.1) is 0 Å². The Morgan fingerprint density at radius 2 is 2.36 bits per heavy atom. The van der Waals surface area contributed by atoms with Gasteiger partial charge in [-0.1, -0.05) is 12.2 Å². The molecule has 3 aliphatic rings. The molecule has 1 heteroatoms. The third kappa shape index (κ3) is 0.597. The molecule has 0 radical (unpaired) electrons. The molecule has 58 valence electrons. The summed E-state index contributed by atoms with van der Waals surface area (Å²) in [5.41, 5.74) is 0. The highest BCUT2D eigenvalue weighted by molar-refractivity contribution is 5.85. The van der Waals surface area contributed by atoms with E-state index in [1.807, 2.05) is 0 Å². The zero-order valence-corrected chi connectivity index (χ0v) is 6.49. The number of carbonyl (C=O) groups is 1. The molecule has 0 spiro atoms. The highest BCUT2D eigenvalue weighted by atomic mass is 16.1. The summed E-state index contributed by atoms with van der Waals surface area (Å²) in [6, 6.07) is 0. The van der Waals surface area contributed by atoms with Crippen LogP contribution < -0.4 is 0 Å². The zero-order chi connectivity index (χ0) is 7.42. The summed E-state index contributed by atoms with van der Waals surface area (Å²) < 4.78 is 0. The molecule has 0 aromatic heterocycles. The number of rotatable bonds is 0. The number of hydrogen-bond donors (Lipinski definition) is 0. The van der Waals surface area contributed by atoms with Gasteiger partial charge in [0.05, 0.1) is 0 Å². The molecule has 3 rings (SSSR count). The molecule has 0 aromatic carbocycles. The van der Waals surface area contributed by atoms with Crippen LogP contribution in [0.4, 0.5) is 0 Å². The maximum absolute atomic E-state index is 11.3. The summed E-state index contributed by atoms with van der Waals surface area (Å²) in [6.07, 6.45) is 7.91. The number of allylic oxidation sites excluding steroid dienone is 2. The monoisotopic (exact) mass is 148 g/mol. The number of Topliss-reactive ketones (excluding diaryl/α,β-unsaturated/α-hetero) is 1. The van der Waals surface area contributed by atoms with Gasteiger partial charge in [0.25, 0.3) is 0 Å². The van der Waals surface area contributed by atoms with Crippen LogP contribution in [0.2, 0.25) is 0 Å². The van der Waals surface area contributed by atoms with E-state index in [0.29, 0.717) is 17.6 Å². The Bertz CT molecular complexity index is 241. The molecule has 3 aliphatic carbocycles. The molecule has 0 aromatic rings. The minimum atomic E-state index is 0.434. The van der Waals surface area contributed by atoms with Crippen molar-refractivity contribution in [1.82, 2.24) is 0 Å². The number of fused-ring (bicyclic) bond motifs is 5. The fourth-order valence-electron chi connectivity index (χ4n) is 3.28. The quantitative estimate of drug-likeness (QED) is 0.479. The average Bonchev–Trinajstić information content (AvgIpc) is 2.52. The lowest BCUT2D eigenvalue weighted by atomic mass is 9.81. The highest BCUT2D eigenvalue weighted by Crippen LogP contribution is 2.54. The maximum Gasteiger partial charge on any atom is 0.136 e. The molecule has 0 N–H and O–H groups in total. The first-order valence-corrected chi connectivity index (χ1v) is 4.55. The van der Waals surface area contributed by atoms with Gasteiger partial charge in [-0.3, -0.25) is 4.79 Å². The van der Waals surface area contributed by atoms with Crippen molar-refractivity contribution in [2.45, 2.75) is 19.3 Å². The van der Waals surface area contributed by atoms with Crippen LogP contribution >= 0.6 is 0 Å². The smallest absolute Gasteiger partial charge is 0.136 e. The molecule has 2 fully saturated rings. The molecule has 0 heterocycles. The van der Waals surface area contributed by atoms with E-state index < -0.39 is 0 Å². The second kappa shape index (κ2) is 1.77. The van der Waals surface area contributed by atoms with Crippen LogP contribution in [-0.4, -0.2) is 5.78 Å². The van der Waals surface area contributed by atoms with Crippen LogP contribution in [0.5, 0.6) is 0 Å². The Morgan fingerprint density at radius 1 is 1.45 bits per heavy atom. The minimum absolute atomic E-state index is 0.434. The molecule has 0 aliphatic heterocycles. The van der Waals surface area contributed by atoms with Gasteiger partial charge in [-0.05, 0) is 30.6 Å². The molecule has 1 nitrogen and oxygen atoms in total. The van der Waals surface area contributed by atoms with Crippen molar-refractivity contribution in [3.63, 3.8) is 0 Å². The van der Waals surface area contributed by atoms with E-state index in [0.717, 1.165) is 18.3 Å². The van der Waals surface area contributed by atoms with Gasteiger partial charge in [0.2, 0.25) is 0 Å². The van der Waals surface area contributed by atoms with Gasteiger partial charge >= 0.3 is 0 Å². The fraction of sp³-hybridized carbons (Fsp3) is 0.700. The number of carbonyl (C=O) groups excluding carboxylic acids is 1. The second-order valence-electron chi connectivity index (χ2n) is 4.18. The molecule has 2 bridgehead atoms. The SMILES string of the molecule is O=C1C[C@H]2C[C@H]1[C@@H]1C=CC[C@@H]21. The van der Waals surface area contributed by atoms with Gasteiger partial charge in [0.1, 0.15) is 5.78 Å². The van der Waals surface area contributed by atoms with Crippen molar-refractivity contribution in [2.24, 2.45) is 23.7 Å². The third-order valence-electron chi connectivity index (χ3n) is 3.76. The van der Waals surface area contributed by atoms with Crippen molar-refractivity contribution >= 4 is 5.78 Å². The van der Waals surface area contributed by atoms with Gasteiger partial charge in [0.15, 0.2) is 0 Å². The maximum atomic E-state index is 11.3. The third-order valence-corrected chi connectivity index (χ3v) is 3.76. The summed E-state index contributed by atoms with van der Waals surface area (Å²) >= 11 is 0. The predicted octanol–water partition coefficient (Wildman–Crippen LogP) is 1.79. The summed E-state index contributed by atoms with van der Waals surface area (Å²) in [6.45, 7) is 0. The van der Waals surface area contributed by atoms with Crippen LogP contribution in [0.1, 0.15) is 19.3 Å². The first-order chi connectivity index (χ1) is 5.36. The summed E-state index contributed by atoms with van der Waals surface area (Å²) in [7, 11) is 0. The molecule has 0 amide bonds. The van der Waals surface area contributed by atoms with Crippen molar-refractivity contribution in [3.8, 4) is 0 Å². The van der Waals surface area contributed by atoms with E-state index in [-0.39, 0.29) is 0 Å². The van der Waals surface area contributed by atoms with Gasteiger partial charge < -0.3 is 0 Å².